The van der Waals surface area contributed by atoms with Crippen LogP contribution in [0.1, 0.15) is 20.3 Å². The molecule has 0 aromatic carbocycles. The first-order chi connectivity index (χ1) is 5.58. The van der Waals surface area contributed by atoms with E-state index in [-0.39, 0.29) is 17.4 Å². The molecule has 2 unspecified atom stereocenters. The number of carbonyl (C=O) groups excluding carboxylic acids is 2. The number of nitrogens with one attached hydrogen (secondary N) is 2. The van der Waals surface area contributed by atoms with Gasteiger partial charge in [-0.15, -0.1) is 0 Å². The van der Waals surface area contributed by atoms with Crippen LogP contribution < -0.4 is 10.6 Å². The van der Waals surface area contributed by atoms with E-state index in [1.54, 1.807) is 0 Å². The van der Waals surface area contributed by atoms with Crippen molar-refractivity contribution in [3.8, 4) is 0 Å². The van der Waals surface area contributed by atoms with Crippen molar-refractivity contribution in [3.63, 3.8) is 0 Å². The number of rotatable bonds is 3. The van der Waals surface area contributed by atoms with E-state index >= 15 is 0 Å². The molecule has 1 saturated heterocycles. The third-order valence-corrected chi connectivity index (χ3v) is 2.56. The van der Waals surface area contributed by atoms with E-state index in [4.69, 9.17) is 0 Å². The molecule has 0 saturated carbocycles. The normalized spacial score (nSPS) is 34.5. The van der Waals surface area contributed by atoms with Gasteiger partial charge in [-0.25, -0.2) is 0 Å². The topological polar surface area (TPSA) is 58.2 Å². The van der Waals surface area contributed by atoms with Crippen LogP contribution in [0.2, 0.25) is 0 Å². The van der Waals surface area contributed by atoms with Gasteiger partial charge in [-0.05, 0) is 12.8 Å². The lowest BCUT2D eigenvalue weighted by Gasteiger charge is -2.28. The van der Waals surface area contributed by atoms with Crippen molar-refractivity contribution in [2.45, 2.75) is 25.8 Å². The Bertz CT molecular complexity index is 205. The Kier molecular flexibility index (Phi) is 2.35. The highest BCUT2D eigenvalue weighted by atomic mass is 16.2. The van der Waals surface area contributed by atoms with Gasteiger partial charge in [0.15, 0.2) is 0 Å². The van der Waals surface area contributed by atoms with E-state index in [1.165, 1.54) is 0 Å². The van der Waals surface area contributed by atoms with Gasteiger partial charge in [0.05, 0.1) is 5.54 Å². The van der Waals surface area contributed by atoms with Gasteiger partial charge >= 0.3 is 0 Å². The molecule has 1 fully saturated rings. The molecular weight excluding hydrogens is 156 g/mol. The molecule has 4 heteroatoms. The average molecular weight is 170 g/mol. The Labute approximate surface area is 71.7 Å². The largest absolute Gasteiger partial charge is 0.356 e. The smallest absolute Gasteiger partial charge is 0.220 e. The van der Waals surface area contributed by atoms with Crippen LogP contribution in [-0.4, -0.2) is 24.4 Å². The van der Waals surface area contributed by atoms with E-state index in [2.05, 4.69) is 10.6 Å². The van der Waals surface area contributed by atoms with Crippen LogP contribution in [0.25, 0.3) is 0 Å². The summed E-state index contributed by atoms with van der Waals surface area (Å²) < 4.78 is 0. The summed E-state index contributed by atoms with van der Waals surface area (Å²) in [6, 6.07) is 0. The summed E-state index contributed by atoms with van der Waals surface area (Å²) in [5.41, 5.74) is -0.266. The van der Waals surface area contributed by atoms with E-state index in [0.29, 0.717) is 19.4 Å². The Morgan fingerprint density at radius 2 is 2.50 bits per heavy atom. The first kappa shape index (κ1) is 9.03. The first-order valence-electron chi connectivity index (χ1n) is 4.06. The summed E-state index contributed by atoms with van der Waals surface area (Å²) in [7, 11) is 0. The molecule has 0 aromatic heterocycles. The van der Waals surface area contributed by atoms with Gasteiger partial charge < -0.3 is 10.6 Å². The third-order valence-electron chi connectivity index (χ3n) is 2.56. The minimum atomic E-state index is -0.266. The molecule has 2 atom stereocenters. The van der Waals surface area contributed by atoms with Crippen molar-refractivity contribution >= 4 is 12.3 Å². The molecule has 12 heavy (non-hydrogen) atoms. The fourth-order valence-corrected chi connectivity index (χ4v) is 1.47. The number of hydrogen-bond acceptors (Lipinski definition) is 2. The fourth-order valence-electron chi connectivity index (χ4n) is 1.47. The van der Waals surface area contributed by atoms with Crippen molar-refractivity contribution in [3.05, 3.63) is 0 Å². The lowest BCUT2D eigenvalue weighted by molar-refractivity contribution is -0.120. The fraction of sp³-hybridized carbons (Fsp3) is 0.750. The maximum Gasteiger partial charge on any atom is 0.220 e. The second-order valence-electron chi connectivity index (χ2n) is 3.57. The number of amides is 2. The molecule has 2 amide bonds. The lowest BCUT2D eigenvalue weighted by Crippen LogP contribution is -2.50. The summed E-state index contributed by atoms with van der Waals surface area (Å²) in [5.74, 6) is 0.343. The molecule has 1 rings (SSSR count). The highest BCUT2D eigenvalue weighted by molar-refractivity contribution is 5.80. The molecule has 0 spiro atoms. The molecule has 0 bridgehead atoms. The molecule has 1 aliphatic heterocycles. The highest BCUT2D eigenvalue weighted by Gasteiger charge is 2.39. The second-order valence-corrected chi connectivity index (χ2v) is 3.57. The Morgan fingerprint density at radius 1 is 1.83 bits per heavy atom. The zero-order valence-electron chi connectivity index (χ0n) is 7.39. The third kappa shape index (κ3) is 1.57. The van der Waals surface area contributed by atoms with Gasteiger partial charge in [-0.1, -0.05) is 6.92 Å². The standard InChI is InChI=1S/C8H14N2O2/c1-6-3-7(12)10-8(6,2)4-9-5-11/h5-6H,3-4H2,1-2H3,(H,9,11)(H,10,12). The summed E-state index contributed by atoms with van der Waals surface area (Å²) in [6.07, 6.45) is 1.21. The van der Waals surface area contributed by atoms with E-state index in [9.17, 15) is 9.59 Å². The summed E-state index contributed by atoms with van der Waals surface area (Å²) in [6.45, 7) is 4.45. The molecule has 4 nitrogen and oxygen atoms in total. The summed E-state index contributed by atoms with van der Waals surface area (Å²) in [4.78, 5) is 21.1. The molecule has 0 radical (unpaired) electrons. The summed E-state index contributed by atoms with van der Waals surface area (Å²) in [5, 5.41) is 5.44. The first-order valence-corrected chi connectivity index (χ1v) is 4.06. The second kappa shape index (κ2) is 3.13. The van der Waals surface area contributed by atoms with Gasteiger partial charge in [0.1, 0.15) is 0 Å². The van der Waals surface area contributed by atoms with Gasteiger partial charge in [0.2, 0.25) is 12.3 Å². The highest BCUT2D eigenvalue weighted by Crippen LogP contribution is 2.25. The summed E-state index contributed by atoms with van der Waals surface area (Å²) >= 11 is 0. The maximum atomic E-state index is 11.0. The SMILES string of the molecule is CC1CC(=O)NC1(C)CNC=O. The van der Waals surface area contributed by atoms with Gasteiger partial charge in [0.25, 0.3) is 0 Å². The van der Waals surface area contributed by atoms with Crippen LogP contribution >= 0.6 is 0 Å². The van der Waals surface area contributed by atoms with Crippen molar-refractivity contribution < 1.29 is 9.59 Å². The molecule has 2 N–H and O–H groups in total. The van der Waals surface area contributed by atoms with Crippen LogP contribution in [0.15, 0.2) is 0 Å². The maximum absolute atomic E-state index is 11.0. The number of hydrogen-bond donors (Lipinski definition) is 2. The Hall–Kier alpha value is -1.06. The van der Waals surface area contributed by atoms with E-state index in [1.807, 2.05) is 13.8 Å². The predicted octanol–water partition coefficient (Wildman–Crippen LogP) is -0.353. The van der Waals surface area contributed by atoms with Crippen LogP contribution in [0, 0.1) is 5.92 Å². The molecule has 0 aromatic rings. The lowest BCUT2D eigenvalue weighted by atomic mass is 9.89. The molecule has 0 aliphatic carbocycles. The molecule has 1 aliphatic rings. The van der Waals surface area contributed by atoms with Gasteiger partial charge in [-0.3, -0.25) is 9.59 Å². The van der Waals surface area contributed by atoms with E-state index < -0.39 is 0 Å². The Morgan fingerprint density at radius 3 is 2.92 bits per heavy atom. The van der Waals surface area contributed by atoms with Gasteiger partial charge in [-0.2, -0.15) is 0 Å². The van der Waals surface area contributed by atoms with Crippen molar-refractivity contribution in [2.75, 3.05) is 6.54 Å². The van der Waals surface area contributed by atoms with Crippen molar-refractivity contribution in [1.29, 1.82) is 0 Å². The van der Waals surface area contributed by atoms with E-state index in [0.717, 1.165) is 0 Å². The Balaban J connectivity index is 2.57. The quantitative estimate of drug-likeness (QED) is 0.569. The zero-order chi connectivity index (χ0) is 9.19. The van der Waals surface area contributed by atoms with Crippen LogP contribution in [0.5, 0.6) is 0 Å². The monoisotopic (exact) mass is 170 g/mol. The number of carbonyl (C=O) groups is 2. The zero-order valence-corrected chi connectivity index (χ0v) is 7.39. The molecule has 68 valence electrons. The average Bonchev–Trinajstić information content (AvgIpc) is 2.23. The minimum Gasteiger partial charge on any atom is -0.356 e. The van der Waals surface area contributed by atoms with Crippen molar-refractivity contribution in [2.24, 2.45) is 5.92 Å². The van der Waals surface area contributed by atoms with Crippen LogP contribution in [-0.2, 0) is 9.59 Å². The molecular formula is C8H14N2O2. The van der Waals surface area contributed by atoms with Crippen molar-refractivity contribution in [1.82, 2.24) is 10.6 Å². The predicted molar refractivity (Wildman–Crippen MR) is 44.4 cm³/mol. The van der Waals surface area contributed by atoms with Crippen LogP contribution in [0.4, 0.5) is 0 Å². The minimum absolute atomic E-state index is 0.0673. The van der Waals surface area contributed by atoms with Crippen LogP contribution in [0.3, 0.4) is 0 Å². The van der Waals surface area contributed by atoms with Gasteiger partial charge in [0, 0.05) is 13.0 Å². The molecule has 1 heterocycles.